The molecule has 0 spiro atoms. The second kappa shape index (κ2) is 5.76. The van der Waals surface area contributed by atoms with Gasteiger partial charge in [-0.15, -0.1) is 0 Å². The summed E-state index contributed by atoms with van der Waals surface area (Å²) < 4.78 is 26.7. The molecule has 0 heterocycles. The Morgan fingerprint density at radius 3 is 2.72 bits per heavy atom. The van der Waals surface area contributed by atoms with E-state index in [1.807, 2.05) is 0 Å². The van der Waals surface area contributed by atoms with Crippen molar-refractivity contribution >= 4 is 0 Å². The summed E-state index contributed by atoms with van der Waals surface area (Å²) in [7, 11) is 0. The number of rotatable bonds is 6. The lowest BCUT2D eigenvalue weighted by atomic mass is 10.0. The molecule has 0 aliphatic heterocycles. The molecule has 1 fully saturated rings. The first-order valence-electron chi connectivity index (χ1n) is 6.57. The Morgan fingerprint density at radius 1 is 1.39 bits per heavy atom. The lowest BCUT2D eigenvalue weighted by molar-refractivity contribution is 0.265. The minimum Gasteiger partial charge on any atom is -0.324 e. The molecule has 18 heavy (non-hydrogen) atoms. The van der Waals surface area contributed by atoms with Gasteiger partial charge < -0.3 is 10.6 Å². The van der Waals surface area contributed by atoms with E-state index in [-0.39, 0.29) is 5.56 Å². The molecule has 1 aliphatic rings. The van der Waals surface area contributed by atoms with Crippen molar-refractivity contribution < 1.29 is 8.78 Å². The molecule has 100 valence electrons. The van der Waals surface area contributed by atoms with E-state index in [9.17, 15) is 8.78 Å². The van der Waals surface area contributed by atoms with Crippen LogP contribution in [-0.4, -0.2) is 24.0 Å². The van der Waals surface area contributed by atoms with Crippen LogP contribution in [-0.2, 0) is 0 Å². The summed E-state index contributed by atoms with van der Waals surface area (Å²) in [5.41, 5.74) is 6.23. The van der Waals surface area contributed by atoms with E-state index in [0.29, 0.717) is 12.5 Å². The number of hydrogen-bond acceptors (Lipinski definition) is 2. The zero-order chi connectivity index (χ0) is 13.1. The summed E-state index contributed by atoms with van der Waals surface area (Å²) in [4.78, 5) is 2.36. The second-order valence-electron chi connectivity index (χ2n) is 4.90. The fourth-order valence-electron chi connectivity index (χ4n) is 2.31. The van der Waals surface area contributed by atoms with Crippen molar-refractivity contribution in [3.8, 4) is 0 Å². The quantitative estimate of drug-likeness (QED) is 0.845. The minimum atomic E-state index is -0.822. The van der Waals surface area contributed by atoms with Crippen LogP contribution in [0.4, 0.5) is 8.78 Å². The van der Waals surface area contributed by atoms with Crippen LogP contribution in [0.3, 0.4) is 0 Å². The number of nitrogens with zero attached hydrogens (tertiary/aromatic N) is 1. The van der Waals surface area contributed by atoms with E-state index in [1.54, 1.807) is 6.07 Å². The van der Waals surface area contributed by atoms with Crippen LogP contribution in [0.2, 0.25) is 0 Å². The van der Waals surface area contributed by atoms with Gasteiger partial charge in [0.25, 0.3) is 0 Å². The van der Waals surface area contributed by atoms with Crippen LogP contribution < -0.4 is 5.73 Å². The Balaban J connectivity index is 1.94. The van der Waals surface area contributed by atoms with Gasteiger partial charge in [0.05, 0.1) is 0 Å². The van der Waals surface area contributed by atoms with E-state index >= 15 is 0 Å². The predicted molar refractivity (Wildman–Crippen MR) is 68.2 cm³/mol. The zero-order valence-corrected chi connectivity index (χ0v) is 10.7. The average molecular weight is 254 g/mol. The first-order valence-corrected chi connectivity index (χ1v) is 6.57. The van der Waals surface area contributed by atoms with Gasteiger partial charge in [-0.3, -0.25) is 0 Å². The zero-order valence-electron chi connectivity index (χ0n) is 10.7. The van der Waals surface area contributed by atoms with Gasteiger partial charge in [-0.25, -0.2) is 8.78 Å². The van der Waals surface area contributed by atoms with Crippen LogP contribution in [0.5, 0.6) is 0 Å². The first kappa shape index (κ1) is 13.4. The summed E-state index contributed by atoms with van der Waals surface area (Å²) in [5, 5.41) is 0. The van der Waals surface area contributed by atoms with Crippen molar-refractivity contribution in [2.75, 3.05) is 13.1 Å². The Hall–Kier alpha value is -1.00. The standard InChI is InChI=1S/C14H20F2N2/c1-2-18(10-6-7-10)9-8-13(17)11-4-3-5-12(15)14(11)16/h3-5,10,13H,2,6-9,17H2,1H3. The average Bonchev–Trinajstić information content (AvgIpc) is 3.17. The molecule has 2 nitrogen and oxygen atoms in total. The van der Waals surface area contributed by atoms with Gasteiger partial charge in [0, 0.05) is 24.2 Å². The molecular formula is C14H20F2N2. The van der Waals surface area contributed by atoms with E-state index in [1.165, 1.54) is 18.9 Å². The van der Waals surface area contributed by atoms with E-state index < -0.39 is 17.7 Å². The molecule has 0 radical (unpaired) electrons. The Labute approximate surface area is 107 Å². The molecule has 1 unspecified atom stereocenters. The lowest BCUT2D eigenvalue weighted by Gasteiger charge is -2.22. The molecule has 2 rings (SSSR count). The fourth-order valence-corrected chi connectivity index (χ4v) is 2.31. The van der Waals surface area contributed by atoms with Crippen molar-refractivity contribution in [1.29, 1.82) is 0 Å². The maximum atomic E-state index is 13.6. The van der Waals surface area contributed by atoms with Gasteiger partial charge in [-0.1, -0.05) is 19.1 Å². The summed E-state index contributed by atoms with van der Waals surface area (Å²) in [6.07, 6.45) is 3.15. The van der Waals surface area contributed by atoms with Crippen molar-refractivity contribution in [3.63, 3.8) is 0 Å². The fraction of sp³-hybridized carbons (Fsp3) is 0.571. The largest absolute Gasteiger partial charge is 0.324 e. The number of hydrogen-bond donors (Lipinski definition) is 1. The Morgan fingerprint density at radius 2 is 2.11 bits per heavy atom. The van der Waals surface area contributed by atoms with Crippen LogP contribution in [0, 0.1) is 11.6 Å². The maximum Gasteiger partial charge on any atom is 0.163 e. The third-order valence-electron chi connectivity index (χ3n) is 3.58. The van der Waals surface area contributed by atoms with Crippen molar-refractivity contribution in [1.82, 2.24) is 4.90 Å². The van der Waals surface area contributed by atoms with Gasteiger partial charge in [-0.2, -0.15) is 0 Å². The summed E-state index contributed by atoms with van der Waals surface area (Å²) >= 11 is 0. The Kier molecular flexibility index (Phi) is 4.30. The summed E-state index contributed by atoms with van der Waals surface area (Å²) in [6.45, 7) is 3.95. The van der Waals surface area contributed by atoms with Crippen LogP contribution in [0.1, 0.15) is 37.8 Å². The van der Waals surface area contributed by atoms with E-state index in [4.69, 9.17) is 5.73 Å². The van der Waals surface area contributed by atoms with Crippen LogP contribution >= 0.6 is 0 Å². The highest BCUT2D eigenvalue weighted by Crippen LogP contribution is 2.28. The molecule has 1 aromatic rings. The minimum absolute atomic E-state index is 0.279. The van der Waals surface area contributed by atoms with Gasteiger partial charge in [0.2, 0.25) is 0 Å². The highest BCUT2D eigenvalue weighted by Gasteiger charge is 2.28. The first-order chi connectivity index (χ1) is 8.63. The maximum absolute atomic E-state index is 13.6. The van der Waals surface area contributed by atoms with Gasteiger partial charge in [0.15, 0.2) is 11.6 Å². The highest BCUT2D eigenvalue weighted by molar-refractivity contribution is 5.22. The number of halogens is 2. The number of nitrogens with two attached hydrogens (primary N) is 1. The summed E-state index contributed by atoms with van der Waals surface area (Å²) in [5.74, 6) is -1.63. The van der Waals surface area contributed by atoms with Gasteiger partial charge >= 0.3 is 0 Å². The van der Waals surface area contributed by atoms with Crippen molar-refractivity contribution in [3.05, 3.63) is 35.4 Å². The normalized spacial score (nSPS) is 17.2. The van der Waals surface area contributed by atoms with Gasteiger partial charge in [-0.05, 0) is 31.9 Å². The molecule has 0 aromatic heterocycles. The topological polar surface area (TPSA) is 29.3 Å². The molecule has 2 N–H and O–H groups in total. The smallest absolute Gasteiger partial charge is 0.163 e. The van der Waals surface area contributed by atoms with Gasteiger partial charge in [0.1, 0.15) is 0 Å². The monoisotopic (exact) mass is 254 g/mol. The molecule has 0 saturated heterocycles. The molecule has 0 amide bonds. The molecule has 1 aromatic carbocycles. The second-order valence-corrected chi connectivity index (χ2v) is 4.90. The molecule has 1 saturated carbocycles. The third-order valence-corrected chi connectivity index (χ3v) is 3.58. The molecule has 4 heteroatoms. The predicted octanol–water partition coefficient (Wildman–Crippen LogP) is 2.84. The van der Waals surface area contributed by atoms with E-state index in [0.717, 1.165) is 19.2 Å². The summed E-state index contributed by atoms with van der Waals surface area (Å²) in [6, 6.07) is 4.43. The SMILES string of the molecule is CCN(CCC(N)c1cccc(F)c1F)C1CC1. The molecular weight excluding hydrogens is 234 g/mol. The lowest BCUT2D eigenvalue weighted by Crippen LogP contribution is -2.29. The molecule has 1 aliphatic carbocycles. The van der Waals surface area contributed by atoms with Crippen molar-refractivity contribution in [2.45, 2.75) is 38.3 Å². The van der Waals surface area contributed by atoms with Crippen LogP contribution in [0.15, 0.2) is 18.2 Å². The molecule has 1 atom stereocenters. The van der Waals surface area contributed by atoms with E-state index in [2.05, 4.69) is 11.8 Å². The molecule has 0 bridgehead atoms. The number of benzene rings is 1. The Bertz CT molecular complexity index is 405. The highest BCUT2D eigenvalue weighted by atomic mass is 19.2. The third kappa shape index (κ3) is 3.06. The van der Waals surface area contributed by atoms with Crippen molar-refractivity contribution in [2.24, 2.45) is 5.73 Å². The van der Waals surface area contributed by atoms with Crippen LogP contribution in [0.25, 0.3) is 0 Å².